The van der Waals surface area contributed by atoms with Crippen LogP contribution in [0.2, 0.25) is 0 Å². The van der Waals surface area contributed by atoms with Gasteiger partial charge in [-0.3, -0.25) is 9.59 Å². The predicted molar refractivity (Wildman–Crippen MR) is 101 cm³/mol. The third-order valence-electron chi connectivity index (χ3n) is 5.50. The molecule has 1 aliphatic heterocycles. The third kappa shape index (κ3) is 4.68. The van der Waals surface area contributed by atoms with Crippen molar-refractivity contribution in [3.8, 4) is 0 Å². The van der Waals surface area contributed by atoms with Gasteiger partial charge in [0.1, 0.15) is 0 Å². The smallest absolute Gasteiger partial charge is 0.306 e. The highest BCUT2D eigenvalue weighted by atomic mass is 32.2. The van der Waals surface area contributed by atoms with E-state index in [-0.39, 0.29) is 22.6 Å². The minimum absolute atomic E-state index is 0.175. The van der Waals surface area contributed by atoms with Crippen molar-refractivity contribution in [1.29, 1.82) is 0 Å². The van der Waals surface area contributed by atoms with Gasteiger partial charge in [0.05, 0.1) is 10.8 Å². The molecule has 0 atom stereocenters. The molecule has 0 spiro atoms. The summed E-state index contributed by atoms with van der Waals surface area (Å²) in [5.41, 5.74) is 0.457. The minimum atomic E-state index is -3.55. The summed E-state index contributed by atoms with van der Waals surface area (Å²) in [5.74, 6) is -1.58. The van der Waals surface area contributed by atoms with E-state index in [9.17, 15) is 18.0 Å². The molecule has 7 nitrogen and oxygen atoms in total. The van der Waals surface area contributed by atoms with Crippen LogP contribution in [0, 0.1) is 11.8 Å². The predicted octanol–water partition coefficient (Wildman–Crippen LogP) is 2.69. The third-order valence-corrected chi connectivity index (χ3v) is 7.40. The maximum Gasteiger partial charge on any atom is 0.306 e. The fourth-order valence-corrected chi connectivity index (χ4v) is 5.40. The number of piperidine rings is 1. The Bertz CT molecular complexity index is 794. The Kier molecular flexibility index (Phi) is 6.16. The van der Waals surface area contributed by atoms with Crippen LogP contribution in [-0.2, 0) is 19.6 Å². The molecule has 1 saturated carbocycles. The molecule has 0 unspecified atom stereocenters. The average molecular weight is 394 g/mol. The van der Waals surface area contributed by atoms with Gasteiger partial charge in [0, 0.05) is 24.7 Å². The number of aliphatic carboxylic acids is 1. The molecule has 1 saturated heterocycles. The van der Waals surface area contributed by atoms with Crippen LogP contribution in [0.1, 0.15) is 44.9 Å². The van der Waals surface area contributed by atoms with Gasteiger partial charge in [-0.05, 0) is 56.7 Å². The number of nitrogens with one attached hydrogen (secondary N) is 1. The van der Waals surface area contributed by atoms with Crippen molar-refractivity contribution >= 4 is 27.6 Å². The number of carbonyl (C=O) groups is 2. The highest BCUT2D eigenvalue weighted by Gasteiger charge is 2.30. The molecule has 2 aliphatic rings. The average Bonchev–Trinajstić information content (AvgIpc) is 2.69. The summed E-state index contributed by atoms with van der Waals surface area (Å²) in [4.78, 5) is 23.7. The first-order valence-electron chi connectivity index (χ1n) is 9.52. The number of hydrogen-bond acceptors (Lipinski definition) is 4. The number of nitrogens with zero attached hydrogens (tertiary/aromatic N) is 1. The lowest BCUT2D eigenvalue weighted by Crippen LogP contribution is -2.35. The van der Waals surface area contributed by atoms with Crippen LogP contribution in [0.25, 0.3) is 0 Å². The topological polar surface area (TPSA) is 104 Å². The number of benzene rings is 1. The van der Waals surface area contributed by atoms with E-state index >= 15 is 0 Å². The Morgan fingerprint density at radius 1 is 1.00 bits per heavy atom. The van der Waals surface area contributed by atoms with Gasteiger partial charge in [-0.1, -0.05) is 12.5 Å². The van der Waals surface area contributed by atoms with Crippen molar-refractivity contribution in [1.82, 2.24) is 4.31 Å². The maximum atomic E-state index is 12.8. The molecule has 1 amide bonds. The normalized spacial score (nSPS) is 24.3. The quantitative estimate of drug-likeness (QED) is 0.799. The number of sulfonamides is 1. The van der Waals surface area contributed by atoms with E-state index in [1.54, 1.807) is 18.2 Å². The van der Waals surface area contributed by atoms with E-state index in [0.717, 1.165) is 19.3 Å². The second-order valence-electron chi connectivity index (χ2n) is 7.37. The molecule has 1 aromatic carbocycles. The molecule has 0 bridgehead atoms. The van der Waals surface area contributed by atoms with Crippen LogP contribution in [0.4, 0.5) is 5.69 Å². The Labute approximate surface area is 159 Å². The molecule has 2 N–H and O–H groups in total. The SMILES string of the molecule is O=C(O)C1CCC(C(=O)Nc2cccc(S(=O)(=O)N3CCCCC3)c2)CC1. The highest BCUT2D eigenvalue weighted by Crippen LogP contribution is 2.30. The lowest BCUT2D eigenvalue weighted by Gasteiger charge is -2.26. The van der Waals surface area contributed by atoms with E-state index in [1.807, 2.05) is 0 Å². The monoisotopic (exact) mass is 394 g/mol. The van der Waals surface area contributed by atoms with Crippen molar-refractivity contribution in [2.75, 3.05) is 18.4 Å². The van der Waals surface area contributed by atoms with Gasteiger partial charge >= 0.3 is 5.97 Å². The summed E-state index contributed by atoms with van der Waals surface area (Å²) in [6, 6.07) is 6.37. The number of carboxylic acid groups (broad SMARTS) is 1. The molecule has 1 aliphatic carbocycles. The first-order chi connectivity index (χ1) is 12.9. The zero-order valence-corrected chi connectivity index (χ0v) is 16.1. The molecular weight excluding hydrogens is 368 g/mol. The number of carboxylic acids is 1. The van der Waals surface area contributed by atoms with Gasteiger partial charge in [0.15, 0.2) is 0 Å². The summed E-state index contributed by atoms with van der Waals surface area (Å²) in [6.07, 6.45) is 4.85. The van der Waals surface area contributed by atoms with Gasteiger partial charge in [-0.2, -0.15) is 4.31 Å². The van der Waals surface area contributed by atoms with E-state index in [2.05, 4.69) is 5.32 Å². The van der Waals surface area contributed by atoms with Crippen LogP contribution in [0.5, 0.6) is 0 Å². The van der Waals surface area contributed by atoms with E-state index in [4.69, 9.17) is 5.11 Å². The zero-order chi connectivity index (χ0) is 19.4. The van der Waals surface area contributed by atoms with E-state index in [0.29, 0.717) is 44.5 Å². The van der Waals surface area contributed by atoms with Crippen LogP contribution in [-0.4, -0.2) is 42.8 Å². The summed E-state index contributed by atoms with van der Waals surface area (Å²) in [7, 11) is -3.55. The molecule has 2 fully saturated rings. The Hall–Kier alpha value is -1.93. The summed E-state index contributed by atoms with van der Waals surface area (Å²) in [5, 5.41) is 11.9. The van der Waals surface area contributed by atoms with Gasteiger partial charge < -0.3 is 10.4 Å². The summed E-state index contributed by atoms with van der Waals surface area (Å²) < 4.78 is 27.1. The fraction of sp³-hybridized carbons (Fsp3) is 0.579. The molecule has 0 aromatic heterocycles. The molecule has 0 radical (unpaired) electrons. The van der Waals surface area contributed by atoms with Gasteiger partial charge in [0.2, 0.25) is 15.9 Å². The molecule has 1 heterocycles. The van der Waals surface area contributed by atoms with Crippen molar-refractivity contribution in [3.63, 3.8) is 0 Å². The number of rotatable bonds is 5. The molecule has 148 valence electrons. The number of amides is 1. The molecule has 3 rings (SSSR count). The Morgan fingerprint density at radius 2 is 1.63 bits per heavy atom. The number of anilines is 1. The first kappa shape index (κ1) is 19.8. The van der Waals surface area contributed by atoms with Crippen LogP contribution in [0.3, 0.4) is 0 Å². The van der Waals surface area contributed by atoms with Crippen molar-refractivity contribution < 1.29 is 23.1 Å². The fourth-order valence-electron chi connectivity index (χ4n) is 3.84. The van der Waals surface area contributed by atoms with Gasteiger partial charge in [-0.15, -0.1) is 0 Å². The van der Waals surface area contributed by atoms with Crippen molar-refractivity contribution in [2.45, 2.75) is 49.8 Å². The summed E-state index contributed by atoms with van der Waals surface area (Å²) >= 11 is 0. The first-order valence-corrected chi connectivity index (χ1v) is 11.0. The van der Waals surface area contributed by atoms with Gasteiger partial charge in [-0.25, -0.2) is 8.42 Å². The lowest BCUT2D eigenvalue weighted by molar-refractivity contribution is -0.143. The number of hydrogen-bond donors (Lipinski definition) is 2. The molecule has 1 aromatic rings. The molecule has 27 heavy (non-hydrogen) atoms. The highest BCUT2D eigenvalue weighted by molar-refractivity contribution is 7.89. The van der Waals surface area contributed by atoms with Crippen LogP contribution >= 0.6 is 0 Å². The zero-order valence-electron chi connectivity index (χ0n) is 15.3. The Balaban J connectivity index is 1.65. The largest absolute Gasteiger partial charge is 0.481 e. The minimum Gasteiger partial charge on any atom is -0.481 e. The summed E-state index contributed by atoms with van der Waals surface area (Å²) in [6.45, 7) is 1.07. The van der Waals surface area contributed by atoms with Crippen molar-refractivity contribution in [2.24, 2.45) is 11.8 Å². The lowest BCUT2D eigenvalue weighted by atomic mass is 9.81. The van der Waals surface area contributed by atoms with E-state index in [1.165, 1.54) is 10.4 Å². The maximum absolute atomic E-state index is 12.8. The van der Waals surface area contributed by atoms with E-state index < -0.39 is 16.0 Å². The Morgan fingerprint density at radius 3 is 2.26 bits per heavy atom. The van der Waals surface area contributed by atoms with Crippen LogP contribution in [0.15, 0.2) is 29.2 Å². The molecule has 8 heteroatoms. The number of carbonyl (C=O) groups excluding carboxylic acids is 1. The standard InChI is InChI=1S/C19H26N2O5S/c22-18(14-7-9-15(10-8-14)19(23)24)20-16-5-4-6-17(13-16)27(25,26)21-11-2-1-3-12-21/h4-6,13-15H,1-3,7-12H2,(H,20,22)(H,23,24). The second-order valence-corrected chi connectivity index (χ2v) is 9.31. The van der Waals surface area contributed by atoms with Gasteiger partial charge in [0.25, 0.3) is 0 Å². The molecular formula is C19H26N2O5S. The second kappa shape index (κ2) is 8.39. The van der Waals surface area contributed by atoms with Crippen molar-refractivity contribution in [3.05, 3.63) is 24.3 Å². The van der Waals surface area contributed by atoms with Crippen LogP contribution < -0.4 is 5.32 Å².